The zero-order valence-electron chi connectivity index (χ0n) is 11.4. The molecule has 1 heterocycles. The first kappa shape index (κ1) is 14.5. The van der Waals surface area contributed by atoms with E-state index in [2.05, 4.69) is 11.6 Å². The summed E-state index contributed by atoms with van der Waals surface area (Å²) in [6, 6.07) is 2.34. The third-order valence-corrected chi connectivity index (χ3v) is 4.87. The van der Waals surface area contributed by atoms with Gasteiger partial charge in [0.05, 0.1) is 6.54 Å². The standard InChI is InChI=1S/C14H21NO3S/c1-9-7-11(18-13(9)14(16)17)8-15-10-3-5-12(19-2)6-4-10/h7,10,12,15H,3-6,8H2,1-2H3,(H,16,17). The molecule has 1 fully saturated rings. The van der Waals surface area contributed by atoms with Crippen LogP contribution in [0.2, 0.25) is 0 Å². The normalized spacial score (nSPS) is 23.5. The maximum absolute atomic E-state index is 10.9. The molecule has 19 heavy (non-hydrogen) atoms. The van der Waals surface area contributed by atoms with Crippen LogP contribution in [0.25, 0.3) is 0 Å². The molecule has 1 aliphatic carbocycles. The van der Waals surface area contributed by atoms with Crippen LogP contribution in [0.5, 0.6) is 0 Å². The Labute approximate surface area is 117 Å². The van der Waals surface area contributed by atoms with Crippen molar-refractivity contribution in [1.29, 1.82) is 0 Å². The summed E-state index contributed by atoms with van der Waals surface area (Å²) >= 11 is 1.96. The molecule has 0 aliphatic heterocycles. The molecule has 2 rings (SSSR count). The number of furan rings is 1. The molecule has 1 saturated carbocycles. The maximum Gasteiger partial charge on any atom is 0.372 e. The third kappa shape index (κ3) is 3.76. The van der Waals surface area contributed by atoms with Crippen molar-refractivity contribution in [1.82, 2.24) is 5.32 Å². The summed E-state index contributed by atoms with van der Waals surface area (Å²) in [5.41, 5.74) is 0.690. The highest BCUT2D eigenvalue weighted by atomic mass is 32.2. The van der Waals surface area contributed by atoms with Crippen molar-refractivity contribution in [2.75, 3.05) is 6.26 Å². The van der Waals surface area contributed by atoms with E-state index in [1.807, 2.05) is 17.8 Å². The lowest BCUT2D eigenvalue weighted by molar-refractivity contribution is 0.0659. The third-order valence-electron chi connectivity index (χ3n) is 3.74. The fourth-order valence-corrected chi connectivity index (χ4v) is 3.34. The van der Waals surface area contributed by atoms with Crippen LogP contribution in [0.1, 0.15) is 47.6 Å². The van der Waals surface area contributed by atoms with Crippen LogP contribution in [0.4, 0.5) is 0 Å². The van der Waals surface area contributed by atoms with Gasteiger partial charge in [0.2, 0.25) is 5.76 Å². The van der Waals surface area contributed by atoms with E-state index < -0.39 is 5.97 Å². The van der Waals surface area contributed by atoms with Crippen LogP contribution in [0.15, 0.2) is 10.5 Å². The molecule has 4 nitrogen and oxygen atoms in total. The number of hydrogen-bond donors (Lipinski definition) is 2. The molecule has 1 aromatic rings. The molecule has 0 spiro atoms. The Morgan fingerprint density at radius 3 is 2.68 bits per heavy atom. The molecule has 0 atom stereocenters. The van der Waals surface area contributed by atoms with E-state index in [-0.39, 0.29) is 5.76 Å². The molecular weight excluding hydrogens is 262 g/mol. The van der Waals surface area contributed by atoms with E-state index in [0.717, 1.165) is 5.25 Å². The average Bonchev–Trinajstić information content (AvgIpc) is 2.78. The highest BCUT2D eigenvalue weighted by molar-refractivity contribution is 7.99. The van der Waals surface area contributed by atoms with Crippen LogP contribution in [-0.2, 0) is 6.54 Å². The first-order chi connectivity index (χ1) is 9.10. The van der Waals surface area contributed by atoms with E-state index in [1.165, 1.54) is 25.7 Å². The molecule has 0 bridgehead atoms. The first-order valence-electron chi connectivity index (χ1n) is 6.69. The Balaban J connectivity index is 1.83. The van der Waals surface area contributed by atoms with Crippen LogP contribution in [0.3, 0.4) is 0 Å². The molecule has 0 aromatic carbocycles. The number of aryl methyl sites for hydroxylation is 1. The van der Waals surface area contributed by atoms with Gasteiger partial charge < -0.3 is 14.8 Å². The second kappa shape index (κ2) is 6.48. The van der Waals surface area contributed by atoms with Gasteiger partial charge in [0.25, 0.3) is 0 Å². The van der Waals surface area contributed by atoms with E-state index in [0.29, 0.717) is 23.9 Å². The van der Waals surface area contributed by atoms with Crippen molar-refractivity contribution >= 4 is 17.7 Å². The number of carbonyl (C=O) groups is 1. The van der Waals surface area contributed by atoms with Gasteiger partial charge in [-0.15, -0.1) is 0 Å². The summed E-state index contributed by atoms with van der Waals surface area (Å²) in [5.74, 6) is -0.228. The second-order valence-electron chi connectivity index (χ2n) is 5.12. The molecule has 2 N–H and O–H groups in total. The highest BCUT2D eigenvalue weighted by Crippen LogP contribution is 2.27. The number of carboxylic acids is 1. The number of nitrogens with one attached hydrogen (secondary N) is 1. The number of thioether (sulfide) groups is 1. The summed E-state index contributed by atoms with van der Waals surface area (Å²) in [7, 11) is 0. The van der Waals surface area contributed by atoms with Gasteiger partial charge in [0, 0.05) is 16.9 Å². The molecular formula is C14H21NO3S. The van der Waals surface area contributed by atoms with Gasteiger partial charge in [0.1, 0.15) is 5.76 Å². The van der Waals surface area contributed by atoms with Crippen molar-refractivity contribution in [2.24, 2.45) is 0 Å². The van der Waals surface area contributed by atoms with Crippen molar-refractivity contribution in [3.8, 4) is 0 Å². The largest absolute Gasteiger partial charge is 0.475 e. The van der Waals surface area contributed by atoms with Crippen molar-refractivity contribution in [3.63, 3.8) is 0 Å². The summed E-state index contributed by atoms with van der Waals surface area (Å²) in [4.78, 5) is 10.9. The SMILES string of the molecule is CSC1CCC(NCc2cc(C)c(C(=O)O)o2)CC1. The summed E-state index contributed by atoms with van der Waals surface area (Å²) in [5, 5.41) is 13.2. The second-order valence-corrected chi connectivity index (χ2v) is 6.26. The summed E-state index contributed by atoms with van der Waals surface area (Å²) in [6.07, 6.45) is 7.08. The lowest BCUT2D eigenvalue weighted by Crippen LogP contribution is -2.33. The highest BCUT2D eigenvalue weighted by Gasteiger charge is 2.21. The Morgan fingerprint density at radius 1 is 1.47 bits per heavy atom. The fraction of sp³-hybridized carbons (Fsp3) is 0.643. The average molecular weight is 283 g/mol. The quantitative estimate of drug-likeness (QED) is 0.869. The van der Waals surface area contributed by atoms with Crippen LogP contribution < -0.4 is 5.32 Å². The smallest absolute Gasteiger partial charge is 0.372 e. The summed E-state index contributed by atoms with van der Waals surface area (Å²) < 4.78 is 5.34. The molecule has 1 aliphatic rings. The maximum atomic E-state index is 10.9. The lowest BCUT2D eigenvalue weighted by atomic mass is 9.95. The molecule has 5 heteroatoms. The predicted octanol–water partition coefficient (Wildman–Crippen LogP) is 3.05. The Morgan fingerprint density at radius 2 is 2.16 bits per heavy atom. The minimum Gasteiger partial charge on any atom is -0.475 e. The van der Waals surface area contributed by atoms with Crippen molar-refractivity contribution in [3.05, 3.63) is 23.2 Å². The van der Waals surface area contributed by atoms with Crippen LogP contribution in [0, 0.1) is 6.92 Å². The van der Waals surface area contributed by atoms with Gasteiger partial charge in [-0.3, -0.25) is 0 Å². The van der Waals surface area contributed by atoms with Gasteiger partial charge in [-0.1, -0.05) is 0 Å². The van der Waals surface area contributed by atoms with Crippen LogP contribution in [-0.4, -0.2) is 28.6 Å². The Bertz CT molecular complexity index is 436. The van der Waals surface area contributed by atoms with Crippen LogP contribution >= 0.6 is 11.8 Å². The zero-order valence-corrected chi connectivity index (χ0v) is 12.3. The fourth-order valence-electron chi connectivity index (χ4n) is 2.60. The molecule has 106 valence electrons. The van der Waals surface area contributed by atoms with Gasteiger partial charge in [-0.2, -0.15) is 11.8 Å². The first-order valence-corrected chi connectivity index (χ1v) is 7.97. The van der Waals surface area contributed by atoms with Crippen molar-refractivity contribution in [2.45, 2.75) is 50.4 Å². The number of aromatic carboxylic acids is 1. The predicted molar refractivity (Wildman–Crippen MR) is 76.8 cm³/mol. The van der Waals surface area contributed by atoms with Crippen molar-refractivity contribution < 1.29 is 14.3 Å². The van der Waals surface area contributed by atoms with E-state index in [4.69, 9.17) is 9.52 Å². The topological polar surface area (TPSA) is 62.5 Å². The molecule has 0 saturated heterocycles. The lowest BCUT2D eigenvalue weighted by Gasteiger charge is -2.27. The van der Waals surface area contributed by atoms with Gasteiger partial charge in [0.15, 0.2) is 0 Å². The number of hydrogen-bond acceptors (Lipinski definition) is 4. The Kier molecular flexibility index (Phi) is 4.93. The van der Waals surface area contributed by atoms with E-state index in [1.54, 1.807) is 6.92 Å². The number of carboxylic acid groups (broad SMARTS) is 1. The minimum atomic E-state index is -0.996. The Hall–Kier alpha value is -0.940. The van der Waals surface area contributed by atoms with Gasteiger partial charge in [-0.25, -0.2) is 4.79 Å². The monoisotopic (exact) mass is 283 g/mol. The molecule has 0 unspecified atom stereocenters. The zero-order chi connectivity index (χ0) is 13.8. The minimum absolute atomic E-state index is 0.0582. The molecule has 0 radical (unpaired) electrons. The van der Waals surface area contributed by atoms with Gasteiger partial charge in [-0.05, 0) is 44.9 Å². The molecule has 1 aromatic heterocycles. The molecule has 0 amide bonds. The van der Waals surface area contributed by atoms with E-state index >= 15 is 0 Å². The summed E-state index contributed by atoms with van der Waals surface area (Å²) in [6.45, 7) is 2.38. The van der Waals surface area contributed by atoms with Gasteiger partial charge >= 0.3 is 5.97 Å². The number of rotatable bonds is 5. The van der Waals surface area contributed by atoms with E-state index in [9.17, 15) is 4.79 Å².